The quantitative estimate of drug-likeness (QED) is 0.437. The Hall–Kier alpha value is -3.38. The third-order valence-corrected chi connectivity index (χ3v) is 7.12. The summed E-state index contributed by atoms with van der Waals surface area (Å²) in [5, 5.41) is 0.0759. The Bertz CT molecular complexity index is 1580. The lowest BCUT2D eigenvalue weighted by atomic mass is 10.1. The monoisotopic (exact) mass is 554 g/mol. The lowest BCUT2D eigenvalue weighted by molar-refractivity contribution is -0.144. The molecule has 0 bridgehead atoms. The molecule has 1 aliphatic rings. The van der Waals surface area contributed by atoms with E-state index in [0.29, 0.717) is 0 Å². The number of amidine groups is 1. The van der Waals surface area contributed by atoms with Crippen LogP contribution in [0, 0.1) is 19.7 Å². The predicted molar refractivity (Wildman–Crippen MR) is 133 cm³/mol. The van der Waals surface area contributed by atoms with Crippen LogP contribution in [0.5, 0.6) is 0 Å². The third kappa shape index (κ3) is 5.21. The first-order valence-corrected chi connectivity index (χ1v) is 12.1. The van der Waals surface area contributed by atoms with Crippen LogP contribution >= 0.6 is 23.4 Å². The molecule has 0 N–H and O–H groups in total. The Balaban J connectivity index is 1.79. The molecule has 7 nitrogen and oxygen atoms in total. The maximum Gasteiger partial charge on any atom is 0.431 e. The zero-order valence-electron chi connectivity index (χ0n) is 19.7. The first kappa shape index (κ1) is 26.7. The van der Waals surface area contributed by atoms with Crippen molar-refractivity contribution in [2.45, 2.75) is 26.6 Å². The van der Waals surface area contributed by atoms with E-state index < -0.39 is 34.6 Å². The zero-order chi connectivity index (χ0) is 27.2. The second-order valence-electron chi connectivity index (χ2n) is 8.38. The van der Waals surface area contributed by atoms with Crippen LogP contribution in [0.1, 0.15) is 22.4 Å². The molecule has 1 fully saturated rings. The summed E-state index contributed by atoms with van der Waals surface area (Å²) in [6.45, 7) is 4.13. The van der Waals surface area contributed by atoms with Gasteiger partial charge in [-0.2, -0.15) is 13.2 Å². The summed E-state index contributed by atoms with van der Waals surface area (Å²) in [4.78, 5) is 43.4. The Morgan fingerprint density at radius 2 is 1.76 bits per heavy atom. The first-order valence-electron chi connectivity index (χ1n) is 10.8. The number of aryl methyl sites for hydroxylation is 2. The van der Waals surface area contributed by atoms with Crippen molar-refractivity contribution < 1.29 is 22.4 Å². The summed E-state index contributed by atoms with van der Waals surface area (Å²) in [7, 11) is 0.821. The van der Waals surface area contributed by atoms with Crippen molar-refractivity contribution in [1.29, 1.82) is 0 Å². The van der Waals surface area contributed by atoms with E-state index in [4.69, 9.17) is 11.6 Å². The van der Waals surface area contributed by atoms with Crippen LogP contribution in [-0.2, 0) is 24.6 Å². The molecule has 194 valence electrons. The number of thioether (sulfide) groups is 1. The van der Waals surface area contributed by atoms with Crippen molar-refractivity contribution in [3.8, 4) is 5.69 Å². The van der Waals surface area contributed by atoms with Crippen molar-refractivity contribution >= 4 is 40.1 Å². The minimum Gasteiger partial charge on any atom is -0.292 e. The second kappa shape index (κ2) is 9.82. The second-order valence-corrected chi connectivity index (χ2v) is 9.73. The molecule has 0 radical (unpaired) electrons. The number of amides is 1. The number of carbonyl (C=O) groups excluding carboxylic acids is 1. The number of rotatable bonds is 4. The molecule has 37 heavy (non-hydrogen) atoms. The van der Waals surface area contributed by atoms with Gasteiger partial charge in [0.15, 0.2) is 5.17 Å². The SMILES string of the molecule is Cc1ccc(CN2C(=O)CS/C2=N\c2cc(-n3c(=O)cc(C(F)(F)F)n(C)c3=O)c(F)cc2Cl)cc1C. The van der Waals surface area contributed by atoms with E-state index in [2.05, 4.69) is 4.99 Å². The molecule has 0 atom stereocenters. The summed E-state index contributed by atoms with van der Waals surface area (Å²) in [5.74, 6) is -1.22. The molecule has 1 saturated heterocycles. The molecule has 4 rings (SSSR count). The molecule has 1 aliphatic heterocycles. The molecule has 2 heterocycles. The van der Waals surface area contributed by atoms with Gasteiger partial charge in [0.05, 0.1) is 28.7 Å². The van der Waals surface area contributed by atoms with Gasteiger partial charge >= 0.3 is 11.9 Å². The molecule has 0 unspecified atom stereocenters. The Morgan fingerprint density at radius 3 is 2.41 bits per heavy atom. The van der Waals surface area contributed by atoms with E-state index >= 15 is 0 Å². The highest BCUT2D eigenvalue weighted by Crippen LogP contribution is 2.33. The number of benzene rings is 2. The number of hydrogen-bond donors (Lipinski definition) is 0. The van der Waals surface area contributed by atoms with Gasteiger partial charge in [-0.3, -0.25) is 19.1 Å². The molecule has 2 aromatic carbocycles. The fraction of sp³-hybridized carbons (Fsp3) is 0.250. The summed E-state index contributed by atoms with van der Waals surface area (Å²) in [6.07, 6.45) is -4.96. The average Bonchev–Trinajstić information content (AvgIpc) is 3.14. The summed E-state index contributed by atoms with van der Waals surface area (Å²) in [5.41, 5.74) is -1.96. The predicted octanol–water partition coefficient (Wildman–Crippen LogP) is 4.73. The van der Waals surface area contributed by atoms with E-state index in [9.17, 15) is 31.9 Å². The van der Waals surface area contributed by atoms with E-state index in [1.165, 1.54) is 4.90 Å². The van der Waals surface area contributed by atoms with Crippen molar-refractivity contribution in [1.82, 2.24) is 14.0 Å². The van der Waals surface area contributed by atoms with E-state index in [0.717, 1.165) is 47.6 Å². The lowest BCUT2D eigenvalue weighted by Gasteiger charge is -2.17. The smallest absolute Gasteiger partial charge is 0.292 e. The molecular formula is C24H19ClF4N4O3S. The standard InChI is InChI=1S/C24H19ClF4N4O3S/c1-12-4-5-14(6-13(12)2)10-32-21(35)11-37-22(32)30-17-8-18(16(26)7-15(17)25)33-20(34)9-19(24(27,28)29)31(3)23(33)36/h4-9H,10-11H2,1-3H3/b30-22-. The minimum atomic E-state index is -4.96. The van der Waals surface area contributed by atoms with Crippen molar-refractivity contribution in [3.05, 3.63) is 90.5 Å². The number of nitrogens with zero attached hydrogens (tertiary/aromatic N) is 4. The number of carbonyl (C=O) groups is 1. The number of alkyl halides is 3. The number of aromatic nitrogens is 2. The lowest BCUT2D eigenvalue weighted by Crippen LogP contribution is -2.41. The van der Waals surface area contributed by atoms with Gasteiger partial charge in [0, 0.05) is 13.1 Å². The highest BCUT2D eigenvalue weighted by Gasteiger charge is 2.35. The molecule has 0 aliphatic carbocycles. The molecule has 0 spiro atoms. The van der Waals surface area contributed by atoms with Gasteiger partial charge < -0.3 is 0 Å². The largest absolute Gasteiger partial charge is 0.431 e. The van der Waals surface area contributed by atoms with Crippen LogP contribution in [0.25, 0.3) is 5.69 Å². The Morgan fingerprint density at radius 1 is 1.05 bits per heavy atom. The van der Waals surface area contributed by atoms with Crippen molar-refractivity contribution in [2.24, 2.45) is 12.0 Å². The van der Waals surface area contributed by atoms with E-state index in [1.54, 1.807) is 0 Å². The van der Waals surface area contributed by atoms with Crippen LogP contribution in [-0.4, -0.2) is 30.9 Å². The summed E-state index contributed by atoms with van der Waals surface area (Å²) in [6, 6.07) is 7.75. The van der Waals surface area contributed by atoms with Gasteiger partial charge in [0.1, 0.15) is 11.5 Å². The van der Waals surface area contributed by atoms with Crippen molar-refractivity contribution in [3.63, 3.8) is 0 Å². The maximum atomic E-state index is 14.8. The van der Waals surface area contributed by atoms with E-state index in [-0.39, 0.29) is 49.3 Å². The normalized spacial score (nSPS) is 15.2. The minimum absolute atomic E-state index is 0.0748. The van der Waals surface area contributed by atoms with Crippen LogP contribution in [0.2, 0.25) is 5.02 Å². The molecule has 1 amide bonds. The van der Waals surface area contributed by atoms with Gasteiger partial charge in [-0.1, -0.05) is 41.6 Å². The molecule has 13 heteroatoms. The van der Waals surface area contributed by atoms with Crippen LogP contribution in [0.3, 0.4) is 0 Å². The fourth-order valence-electron chi connectivity index (χ4n) is 3.73. The van der Waals surface area contributed by atoms with Crippen molar-refractivity contribution in [2.75, 3.05) is 5.75 Å². The van der Waals surface area contributed by atoms with Gasteiger partial charge in [-0.15, -0.1) is 0 Å². The number of halogens is 5. The van der Waals surface area contributed by atoms with Crippen LogP contribution < -0.4 is 11.2 Å². The Labute approximate surface area is 217 Å². The zero-order valence-corrected chi connectivity index (χ0v) is 21.3. The summed E-state index contributed by atoms with van der Waals surface area (Å²) >= 11 is 7.29. The number of aliphatic imine (C=N–C) groups is 1. The highest BCUT2D eigenvalue weighted by atomic mass is 35.5. The first-order chi connectivity index (χ1) is 17.3. The van der Waals surface area contributed by atoms with Crippen LogP contribution in [0.15, 0.2) is 51.0 Å². The Kier molecular flexibility index (Phi) is 7.08. The molecular weight excluding hydrogens is 536 g/mol. The van der Waals surface area contributed by atoms with E-state index in [1.807, 2.05) is 32.0 Å². The van der Waals surface area contributed by atoms with Crippen LogP contribution in [0.4, 0.5) is 23.2 Å². The maximum absolute atomic E-state index is 14.8. The number of hydrogen-bond acceptors (Lipinski definition) is 5. The summed E-state index contributed by atoms with van der Waals surface area (Å²) < 4.78 is 54.8. The highest BCUT2D eigenvalue weighted by molar-refractivity contribution is 8.15. The average molecular weight is 555 g/mol. The van der Waals surface area contributed by atoms with Gasteiger partial charge in [-0.05, 0) is 42.7 Å². The molecule has 3 aromatic rings. The topological polar surface area (TPSA) is 76.7 Å². The van der Waals surface area contributed by atoms with Gasteiger partial charge in [0.2, 0.25) is 5.91 Å². The third-order valence-electron chi connectivity index (χ3n) is 5.85. The molecule has 0 saturated carbocycles. The molecule has 1 aromatic heterocycles. The van der Waals surface area contributed by atoms with Gasteiger partial charge in [0.25, 0.3) is 5.56 Å². The fourth-order valence-corrected chi connectivity index (χ4v) is 4.81. The van der Waals surface area contributed by atoms with Gasteiger partial charge in [-0.25, -0.2) is 18.7 Å².